The quantitative estimate of drug-likeness (QED) is 0.886. The molecule has 2 aliphatic heterocycles. The molecule has 0 aliphatic carbocycles. The van der Waals surface area contributed by atoms with Crippen LogP contribution in [0.3, 0.4) is 0 Å². The Morgan fingerprint density at radius 3 is 2.96 bits per heavy atom. The predicted octanol–water partition coefficient (Wildman–Crippen LogP) is 2.42. The highest BCUT2D eigenvalue weighted by Gasteiger charge is 2.37. The molecule has 0 radical (unpaired) electrons. The first-order valence-corrected chi connectivity index (χ1v) is 9.26. The molecule has 2 fully saturated rings. The lowest BCUT2D eigenvalue weighted by molar-refractivity contribution is 0.0711. The normalized spacial score (nSPS) is 25.0. The summed E-state index contributed by atoms with van der Waals surface area (Å²) < 4.78 is 16.4. The van der Waals surface area contributed by atoms with E-state index < -0.39 is 0 Å². The van der Waals surface area contributed by atoms with Crippen molar-refractivity contribution >= 4 is 6.03 Å². The van der Waals surface area contributed by atoms with Crippen molar-refractivity contribution in [1.82, 2.24) is 20.4 Å². The zero-order valence-corrected chi connectivity index (χ0v) is 15.6. The van der Waals surface area contributed by atoms with Gasteiger partial charge < -0.3 is 24.2 Å². The Morgan fingerprint density at radius 2 is 2.19 bits per heavy atom. The maximum atomic E-state index is 12.8. The fourth-order valence-corrected chi connectivity index (χ4v) is 3.86. The standard InChI is InChI=1S/C19H24N4O4/c1-12-20-18(27-22-12)17-15(8-10-26-17)21-19(24)23-9-7-13(11-23)14-5-3-4-6-16(14)25-2/h3-6,13,15,17H,7-11H2,1-2H3,(H,21,24)/t13?,15-,17+/m1/s1. The van der Waals surface area contributed by atoms with Crippen molar-refractivity contribution in [2.75, 3.05) is 26.8 Å². The number of urea groups is 1. The van der Waals surface area contributed by atoms with Crippen LogP contribution in [0, 0.1) is 6.92 Å². The molecule has 0 bridgehead atoms. The van der Waals surface area contributed by atoms with Gasteiger partial charge in [-0.3, -0.25) is 0 Å². The third-order valence-corrected chi connectivity index (χ3v) is 5.24. The van der Waals surface area contributed by atoms with Crippen molar-refractivity contribution in [3.8, 4) is 5.75 Å². The lowest BCUT2D eigenvalue weighted by atomic mass is 9.97. The van der Waals surface area contributed by atoms with Gasteiger partial charge in [0, 0.05) is 25.6 Å². The number of nitrogens with zero attached hydrogens (tertiary/aromatic N) is 3. The van der Waals surface area contributed by atoms with Crippen molar-refractivity contribution in [2.24, 2.45) is 0 Å². The lowest BCUT2D eigenvalue weighted by Crippen LogP contribution is -2.45. The monoisotopic (exact) mass is 372 g/mol. The minimum atomic E-state index is -0.386. The number of carbonyl (C=O) groups excluding carboxylic acids is 1. The molecule has 1 aromatic carbocycles. The molecule has 8 heteroatoms. The van der Waals surface area contributed by atoms with Crippen LogP contribution in [0.5, 0.6) is 5.75 Å². The van der Waals surface area contributed by atoms with Gasteiger partial charge in [-0.15, -0.1) is 0 Å². The van der Waals surface area contributed by atoms with Crippen LogP contribution in [0.1, 0.15) is 42.1 Å². The molecule has 27 heavy (non-hydrogen) atoms. The third-order valence-electron chi connectivity index (χ3n) is 5.24. The minimum Gasteiger partial charge on any atom is -0.496 e. The van der Waals surface area contributed by atoms with Crippen LogP contribution in [0.2, 0.25) is 0 Å². The molecule has 1 unspecified atom stereocenters. The second-order valence-corrected chi connectivity index (χ2v) is 6.99. The molecule has 8 nitrogen and oxygen atoms in total. The minimum absolute atomic E-state index is 0.0795. The summed E-state index contributed by atoms with van der Waals surface area (Å²) in [7, 11) is 1.68. The predicted molar refractivity (Wildman–Crippen MR) is 96.6 cm³/mol. The van der Waals surface area contributed by atoms with E-state index in [9.17, 15) is 4.79 Å². The zero-order valence-electron chi connectivity index (χ0n) is 15.6. The first kappa shape index (κ1) is 17.8. The van der Waals surface area contributed by atoms with Gasteiger partial charge in [0.25, 0.3) is 5.89 Å². The number of hydrogen-bond acceptors (Lipinski definition) is 6. The van der Waals surface area contributed by atoms with E-state index in [1.54, 1.807) is 14.0 Å². The number of carbonyl (C=O) groups is 1. The van der Waals surface area contributed by atoms with E-state index in [0.29, 0.717) is 31.4 Å². The summed E-state index contributed by atoms with van der Waals surface area (Å²) in [4.78, 5) is 18.9. The smallest absolute Gasteiger partial charge is 0.317 e. The van der Waals surface area contributed by atoms with E-state index in [-0.39, 0.29) is 24.1 Å². The van der Waals surface area contributed by atoms with Gasteiger partial charge in [-0.25, -0.2) is 4.79 Å². The summed E-state index contributed by atoms with van der Waals surface area (Å²) in [5, 5.41) is 6.89. The number of amides is 2. The van der Waals surface area contributed by atoms with Crippen LogP contribution in [0.15, 0.2) is 28.8 Å². The molecule has 1 aromatic heterocycles. The fraction of sp³-hybridized carbons (Fsp3) is 0.526. The van der Waals surface area contributed by atoms with Crippen molar-refractivity contribution in [2.45, 2.75) is 37.8 Å². The first-order chi connectivity index (χ1) is 13.2. The number of methoxy groups -OCH3 is 1. The number of benzene rings is 1. The Morgan fingerprint density at radius 1 is 1.33 bits per heavy atom. The van der Waals surface area contributed by atoms with Crippen molar-refractivity contribution in [3.63, 3.8) is 0 Å². The van der Waals surface area contributed by atoms with Gasteiger partial charge in [-0.05, 0) is 31.4 Å². The maximum absolute atomic E-state index is 12.8. The van der Waals surface area contributed by atoms with E-state index in [0.717, 1.165) is 24.2 Å². The number of aromatic nitrogens is 2. The Hall–Kier alpha value is -2.61. The largest absolute Gasteiger partial charge is 0.496 e. The average molecular weight is 372 g/mol. The zero-order chi connectivity index (χ0) is 18.8. The number of ether oxygens (including phenoxy) is 2. The van der Waals surface area contributed by atoms with Crippen molar-refractivity contribution in [1.29, 1.82) is 0 Å². The summed E-state index contributed by atoms with van der Waals surface area (Å²) in [6, 6.07) is 7.76. The van der Waals surface area contributed by atoms with Gasteiger partial charge in [0.2, 0.25) is 0 Å². The summed E-state index contributed by atoms with van der Waals surface area (Å²) >= 11 is 0. The number of aryl methyl sites for hydroxylation is 1. The molecular weight excluding hydrogens is 348 g/mol. The van der Waals surface area contributed by atoms with E-state index in [1.165, 1.54) is 0 Å². The van der Waals surface area contributed by atoms with Crippen LogP contribution in [0.4, 0.5) is 4.79 Å². The van der Waals surface area contributed by atoms with Crippen molar-refractivity contribution in [3.05, 3.63) is 41.5 Å². The molecule has 144 valence electrons. The molecule has 2 aromatic rings. The molecule has 0 saturated carbocycles. The molecule has 4 rings (SSSR count). The van der Waals surface area contributed by atoms with Gasteiger partial charge in [0.15, 0.2) is 11.9 Å². The van der Waals surface area contributed by atoms with Crippen molar-refractivity contribution < 1.29 is 18.8 Å². The first-order valence-electron chi connectivity index (χ1n) is 9.26. The molecule has 2 aliphatic rings. The highest BCUT2D eigenvalue weighted by molar-refractivity contribution is 5.75. The highest BCUT2D eigenvalue weighted by atomic mass is 16.5. The molecule has 1 N–H and O–H groups in total. The second-order valence-electron chi connectivity index (χ2n) is 6.99. The summed E-state index contributed by atoms with van der Waals surface area (Å²) in [6.07, 6.45) is 1.26. The van der Waals surface area contributed by atoms with Gasteiger partial charge in [0.05, 0.1) is 13.2 Å². The number of para-hydroxylation sites is 1. The third kappa shape index (κ3) is 3.62. The van der Waals surface area contributed by atoms with E-state index in [2.05, 4.69) is 21.5 Å². The van der Waals surface area contributed by atoms with Gasteiger partial charge >= 0.3 is 6.03 Å². The van der Waals surface area contributed by atoms with Crippen LogP contribution in [-0.2, 0) is 4.74 Å². The summed E-state index contributed by atoms with van der Waals surface area (Å²) in [6.45, 7) is 3.70. The summed E-state index contributed by atoms with van der Waals surface area (Å²) in [5.41, 5.74) is 1.15. The van der Waals surface area contributed by atoms with E-state index in [4.69, 9.17) is 14.0 Å². The maximum Gasteiger partial charge on any atom is 0.317 e. The number of hydrogen-bond donors (Lipinski definition) is 1. The molecule has 3 heterocycles. The van der Waals surface area contributed by atoms with Crippen LogP contribution < -0.4 is 10.1 Å². The van der Waals surface area contributed by atoms with Gasteiger partial charge in [0.1, 0.15) is 5.75 Å². The number of likely N-dealkylation sites (tertiary alicyclic amines) is 1. The Balaban J connectivity index is 1.39. The molecule has 2 saturated heterocycles. The SMILES string of the molecule is COc1ccccc1C1CCN(C(=O)N[C@@H]2CCO[C@@H]2c2nc(C)no2)C1. The number of nitrogens with one attached hydrogen (secondary N) is 1. The Kier molecular flexibility index (Phi) is 4.98. The molecule has 0 spiro atoms. The molecular formula is C19H24N4O4. The van der Waals surface area contributed by atoms with Gasteiger partial charge in [-0.1, -0.05) is 23.4 Å². The van der Waals surface area contributed by atoms with Gasteiger partial charge in [-0.2, -0.15) is 4.98 Å². The Labute approximate surface area is 157 Å². The topological polar surface area (TPSA) is 89.7 Å². The average Bonchev–Trinajstić information content (AvgIpc) is 3.42. The van der Waals surface area contributed by atoms with E-state index in [1.807, 2.05) is 23.1 Å². The fourth-order valence-electron chi connectivity index (χ4n) is 3.86. The van der Waals surface area contributed by atoms with Crippen LogP contribution in [0.25, 0.3) is 0 Å². The van der Waals surface area contributed by atoms with Crippen LogP contribution in [-0.4, -0.2) is 53.9 Å². The van der Waals surface area contributed by atoms with Crippen LogP contribution >= 0.6 is 0 Å². The summed E-state index contributed by atoms with van der Waals surface area (Å²) in [5.74, 6) is 2.13. The second kappa shape index (κ2) is 7.56. The molecule has 3 atom stereocenters. The van der Waals surface area contributed by atoms with E-state index >= 15 is 0 Å². The molecule has 2 amide bonds. The number of rotatable bonds is 4. The lowest BCUT2D eigenvalue weighted by Gasteiger charge is -2.22. The Bertz CT molecular complexity index is 809. The highest BCUT2D eigenvalue weighted by Crippen LogP contribution is 2.34.